The summed E-state index contributed by atoms with van der Waals surface area (Å²) in [6, 6.07) is 26.0. The van der Waals surface area contributed by atoms with Crippen molar-refractivity contribution in [2.75, 3.05) is 0 Å². The fourth-order valence-electron chi connectivity index (χ4n) is 4.83. The lowest BCUT2D eigenvalue weighted by Gasteiger charge is -2.13. The number of amides is 1. The maximum Gasteiger partial charge on any atom is 0.272 e. The van der Waals surface area contributed by atoms with Gasteiger partial charge in [-0.1, -0.05) is 66.7 Å². The van der Waals surface area contributed by atoms with E-state index in [9.17, 15) is 4.79 Å². The van der Waals surface area contributed by atoms with Gasteiger partial charge in [-0.15, -0.1) is 0 Å². The van der Waals surface area contributed by atoms with Gasteiger partial charge < -0.3 is 4.57 Å². The first-order valence-electron chi connectivity index (χ1n) is 11.8. The average molecular weight is 461 g/mol. The number of nitrogens with zero attached hydrogens (tertiary/aromatic N) is 3. The van der Waals surface area contributed by atoms with E-state index in [2.05, 4.69) is 61.0 Å². The summed E-state index contributed by atoms with van der Waals surface area (Å²) in [5.41, 5.74) is 10.4. The molecule has 5 nitrogen and oxygen atoms in total. The van der Waals surface area contributed by atoms with Gasteiger partial charge in [0.1, 0.15) is 0 Å². The minimum Gasteiger partial charge on any atom is -0.341 e. The Balaban J connectivity index is 1.52. The molecule has 0 fully saturated rings. The number of fused-ring (bicyclic) bond motifs is 2. The van der Waals surface area contributed by atoms with Crippen LogP contribution in [0, 0.1) is 13.8 Å². The normalized spacial score (nSPS) is 11.7. The van der Waals surface area contributed by atoms with Crippen molar-refractivity contribution in [3.63, 3.8) is 0 Å². The Morgan fingerprint density at radius 2 is 1.66 bits per heavy atom. The van der Waals surface area contributed by atoms with Crippen molar-refractivity contribution in [2.24, 2.45) is 5.10 Å². The van der Waals surface area contributed by atoms with E-state index in [-0.39, 0.29) is 5.91 Å². The van der Waals surface area contributed by atoms with Crippen LogP contribution in [-0.4, -0.2) is 21.7 Å². The van der Waals surface area contributed by atoms with Crippen LogP contribution in [-0.2, 0) is 0 Å². The molecule has 1 N–H and O–H groups in total. The van der Waals surface area contributed by atoms with Gasteiger partial charge in [-0.3, -0.25) is 4.79 Å². The zero-order valence-corrected chi connectivity index (χ0v) is 20.4. The molecule has 0 aliphatic rings. The van der Waals surface area contributed by atoms with Crippen LogP contribution in [0.5, 0.6) is 0 Å². The van der Waals surface area contributed by atoms with Gasteiger partial charge in [0.05, 0.1) is 28.5 Å². The topological polar surface area (TPSA) is 59.3 Å². The summed E-state index contributed by atoms with van der Waals surface area (Å²) >= 11 is 0. The summed E-state index contributed by atoms with van der Waals surface area (Å²) in [5, 5.41) is 6.31. The smallest absolute Gasteiger partial charge is 0.272 e. The van der Waals surface area contributed by atoms with Crippen LogP contribution < -0.4 is 5.43 Å². The Morgan fingerprint density at radius 3 is 2.43 bits per heavy atom. The third-order valence-electron chi connectivity index (χ3n) is 6.43. The Morgan fingerprint density at radius 1 is 0.943 bits per heavy atom. The van der Waals surface area contributed by atoms with Gasteiger partial charge in [0.25, 0.3) is 5.91 Å². The van der Waals surface area contributed by atoms with Gasteiger partial charge in [-0.05, 0) is 45.4 Å². The van der Waals surface area contributed by atoms with Crippen molar-refractivity contribution in [3.05, 3.63) is 101 Å². The van der Waals surface area contributed by atoms with Crippen molar-refractivity contribution >= 4 is 33.9 Å². The molecular weight excluding hydrogens is 432 g/mol. The second-order valence-corrected chi connectivity index (χ2v) is 9.07. The van der Waals surface area contributed by atoms with E-state index < -0.39 is 0 Å². The summed E-state index contributed by atoms with van der Waals surface area (Å²) in [4.78, 5) is 18.1. The molecule has 1 amide bonds. The molecule has 0 unspecified atom stereocenters. The largest absolute Gasteiger partial charge is 0.341 e. The summed E-state index contributed by atoms with van der Waals surface area (Å²) in [5.74, 6) is -0.265. The predicted octanol–water partition coefficient (Wildman–Crippen LogP) is 6.82. The number of para-hydroxylation sites is 2. The molecule has 0 spiro atoms. The minimum atomic E-state index is -0.265. The number of benzene rings is 3. The molecule has 0 saturated heterocycles. The quantitative estimate of drug-likeness (QED) is 0.231. The molecule has 0 saturated carbocycles. The molecule has 174 valence electrons. The lowest BCUT2D eigenvalue weighted by Crippen LogP contribution is -2.18. The van der Waals surface area contributed by atoms with E-state index in [1.54, 1.807) is 6.21 Å². The maximum atomic E-state index is 13.3. The first-order chi connectivity index (χ1) is 17.0. The first-order valence-corrected chi connectivity index (χ1v) is 11.8. The fraction of sp³-hybridized carbons (Fsp3) is 0.167. The van der Waals surface area contributed by atoms with E-state index in [1.165, 1.54) is 11.1 Å². The number of rotatable bonds is 5. The number of pyridine rings is 1. The van der Waals surface area contributed by atoms with Crippen LogP contribution in [0.15, 0.2) is 84.0 Å². The molecule has 5 heteroatoms. The standard InChI is InChI=1S/C30H28N4O/c1-19(2)34-21(4)26(24-15-10-11-20(3)29(24)34)18-31-33-30(35)25-17-28(22-12-6-5-7-13-22)32-27-16-9-8-14-23(25)27/h5-19H,1-4H3,(H,33,35)/b31-18+. The average Bonchev–Trinajstić information content (AvgIpc) is 3.16. The number of hydrogen-bond acceptors (Lipinski definition) is 3. The molecule has 35 heavy (non-hydrogen) atoms. The van der Waals surface area contributed by atoms with Crippen LogP contribution in [0.3, 0.4) is 0 Å². The van der Waals surface area contributed by atoms with Crippen LogP contribution in [0.4, 0.5) is 0 Å². The molecule has 0 bridgehead atoms. The summed E-state index contributed by atoms with van der Waals surface area (Å²) in [6.45, 7) is 8.59. The Labute approximate surface area is 205 Å². The molecular formula is C30H28N4O. The second kappa shape index (κ2) is 9.18. The fourth-order valence-corrected chi connectivity index (χ4v) is 4.83. The van der Waals surface area contributed by atoms with Crippen molar-refractivity contribution in [1.82, 2.24) is 15.0 Å². The number of aryl methyl sites for hydroxylation is 1. The highest BCUT2D eigenvalue weighted by Gasteiger charge is 2.17. The zero-order chi connectivity index (χ0) is 24.5. The number of hydrazone groups is 1. The number of carbonyl (C=O) groups is 1. The van der Waals surface area contributed by atoms with Crippen molar-refractivity contribution in [2.45, 2.75) is 33.7 Å². The van der Waals surface area contributed by atoms with Crippen molar-refractivity contribution in [3.8, 4) is 11.3 Å². The van der Waals surface area contributed by atoms with E-state index >= 15 is 0 Å². The zero-order valence-electron chi connectivity index (χ0n) is 20.4. The molecule has 0 radical (unpaired) electrons. The molecule has 2 aromatic heterocycles. The Bertz CT molecular complexity index is 1580. The molecule has 5 aromatic rings. The molecule has 0 aliphatic heterocycles. The molecule has 3 aromatic carbocycles. The van der Waals surface area contributed by atoms with E-state index in [0.717, 1.165) is 38.8 Å². The lowest BCUT2D eigenvalue weighted by molar-refractivity contribution is 0.0956. The van der Waals surface area contributed by atoms with Gasteiger partial charge in [0.2, 0.25) is 0 Å². The van der Waals surface area contributed by atoms with E-state index in [4.69, 9.17) is 4.98 Å². The number of aromatic nitrogens is 2. The van der Waals surface area contributed by atoms with Crippen molar-refractivity contribution in [1.29, 1.82) is 0 Å². The van der Waals surface area contributed by atoms with Crippen LogP contribution >= 0.6 is 0 Å². The summed E-state index contributed by atoms with van der Waals surface area (Å²) in [7, 11) is 0. The minimum absolute atomic E-state index is 0.265. The third kappa shape index (κ3) is 4.10. The van der Waals surface area contributed by atoms with Gasteiger partial charge >= 0.3 is 0 Å². The van der Waals surface area contributed by atoms with Crippen molar-refractivity contribution < 1.29 is 4.79 Å². The highest BCUT2D eigenvalue weighted by atomic mass is 16.2. The van der Waals surface area contributed by atoms with E-state index in [0.29, 0.717) is 11.6 Å². The first kappa shape index (κ1) is 22.5. The molecule has 5 rings (SSSR count). The SMILES string of the molecule is Cc1cccc2c(/C=N/NC(=O)c3cc(-c4ccccc4)nc4ccccc34)c(C)n(C(C)C)c12. The highest BCUT2D eigenvalue weighted by molar-refractivity contribution is 6.08. The summed E-state index contributed by atoms with van der Waals surface area (Å²) in [6.07, 6.45) is 1.76. The maximum absolute atomic E-state index is 13.3. The Kier molecular flexibility index (Phi) is 5.91. The van der Waals surface area contributed by atoms with Gasteiger partial charge in [-0.25, -0.2) is 10.4 Å². The van der Waals surface area contributed by atoms with Gasteiger partial charge in [-0.2, -0.15) is 5.10 Å². The highest BCUT2D eigenvalue weighted by Crippen LogP contribution is 2.30. The second-order valence-electron chi connectivity index (χ2n) is 9.07. The molecule has 2 heterocycles. The number of hydrogen-bond donors (Lipinski definition) is 1. The van der Waals surface area contributed by atoms with Gasteiger partial charge in [0.15, 0.2) is 0 Å². The third-order valence-corrected chi connectivity index (χ3v) is 6.43. The number of nitrogens with one attached hydrogen (secondary N) is 1. The van der Waals surface area contributed by atoms with Gasteiger partial charge in [0, 0.05) is 33.6 Å². The molecule has 0 aliphatic carbocycles. The monoisotopic (exact) mass is 460 g/mol. The molecule has 0 atom stereocenters. The van der Waals surface area contributed by atoms with Crippen LogP contribution in [0.25, 0.3) is 33.1 Å². The number of carbonyl (C=O) groups excluding carboxylic acids is 1. The van der Waals surface area contributed by atoms with Crippen LogP contribution in [0.1, 0.15) is 47.1 Å². The predicted molar refractivity (Wildman–Crippen MR) is 144 cm³/mol. The summed E-state index contributed by atoms with van der Waals surface area (Å²) < 4.78 is 2.33. The Hall–Kier alpha value is -4.25. The lowest BCUT2D eigenvalue weighted by atomic mass is 10.0. The van der Waals surface area contributed by atoms with Crippen LogP contribution in [0.2, 0.25) is 0 Å². The van der Waals surface area contributed by atoms with E-state index in [1.807, 2.05) is 60.7 Å².